The fourth-order valence-electron chi connectivity index (χ4n) is 2.11. The topological polar surface area (TPSA) is 59.0 Å². The zero-order valence-corrected chi connectivity index (χ0v) is 13.8. The number of aromatic nitrogens is 2. The lowest BCUT2D eigenvalue weighted by Gasteiger charge is -2.10. The smallest absolute Gasteiger partial charge is 0.319 e. The van der Waals surface area contributed by atoms with Crippen molar-refractivity contribution in [2.75, 3.05) is 11.9 Å². The van der Waals surface area contributed by atoms with Gasteiger partial charge in [0.2, 0.25) is 0 Å². The molecule has 3 rings (SSSR count). The number of anilines is 1. The molecule has 0 spiro atoms. The number of benzene rings is 1. The number of rotatable bonds is 5. The van der Waals surface area contributed by atoms with Crippen molar-refractivity contribution in [3.8, 4) is 5.69 Å². The van der Waals surface area contributed by atoms with Crippen LogP contribution in [-0.4, -0.2) is 22.4 Å². The largest absolute Gasteiger partial charge is 0.338 e. The predicted octanol–water partition coefficient (Wildman–Crippen LogP) is 3.95. The van der Waals surface area contributed by atoms with Gasteiger partial charge in [0.25, 0.3) is 0 Å². The molecule has 0 aliphatic heterocycles. The molecular weight excluding hydrogens is 332 g/mol. The quantitative estimate of drug-likeness (QED) is 0.734. The number of nitrogens with zero attached hydrogens (tertiary/aromatic N) is 2. The fourth-order valence-corrected chi connectivity index (χ4v) is 3.09. The van der Waals surface area contributed by atoms with Gasteiger partial charge in [-0.25, -0.2) is 9.48 Å². The molecule has 7 heteroatoms. The molecule has 2 heterocycles. The van der Waals surface area contributed by atoms with Crippen LogP contribution in [0.25, 0.3) is 5.69 Å². The predicted molar refractivity (Wildman–Crippen MR) is 93.6 cm³/mol. The summed E-state index contributed by atoms with van der Waals surface area (Å²) in [6, 6.07) is 10.9. The second-order valence-electron chi connectivity index (χ2n) is 4.83. The molecule has 23 heavy (non-hydrogen) atoms. The van der Waals surface area contributed by atoms with Crippen LogP contribution in [0.1, 0.15) is 4.88 Å². The summed E-state index contributed by atoms with van der Waals surface area (Å²) in [5.74, 6) is 0. The lowest BCUT2D eigenvalue weighted by molar-refractivity contribution is 0.252. The van der Waals surface area contributed by atoms with E-state index in [0.717, 1.165) is 12.1 Å². The molecule has 0 bridgehead atoms. The van der Waals surface area contributed by atoms with Gasteiger partial charge in [0, 0.05) is 29.5 Å². The Kier molecular flexibility index (Phi) is 4.95. The van der Waals surface area contributed by atoms with Gasteiger partial charge in [-0.2, -0.15) is 5.10 Å². The maximum atomic E-state index is 11.9. The Bertz CT molecular complexity index is 771. The van der Waals surface area contributed by atoms with Crippen LogP contribution in [0.2, 0.25) is 5.02 Å². The van der Waals surface area contributed by atoms with E-state index in [4.69, 9.17) is 11.6 Å². The maximum Gasteiger partial charge on any atom is 0.319 e. The zero-order chi connectivity index (χ0) is 16.1. The van der Waals surface area contributed by atoms with Gasteiger partial charge >= 0.3 is 6.03 Å². The molecule has 0 fully saturated rings. The van der Waals surface area contributed by atoms with E-state index in [1.807, 2.05) is 29.8 Å². The number of urea groups is 1. The van der Waals surface area contributed by atoms with Gasteiger partial charge in [0.1, 0.15) is 0 Å². The molecule has 1 aromatic carbocycles. The molecule has 3 aromatic rings. The first kappa shape index (κ1) is 15.6. The van der Waals surface area contributed by atoms with E-state index >= 15 is 0 Å². The molecule has 2 N–H and O–H groups in total. The molecule has 5 nitrogen and oxygen atoms in total. The van der Waals surface area contributed by atoms with Crippen LogP contribution in [0.3, 0.4) is 0 Å². The highest BCUT2D eigenvalue weighted by Gasteiger charge is 2.07. The van der Waals surface area contributed by atoms with Crippen molar-refractivity contribution >= 4 is 34.7 Å². The molecule has 0 saturated heterocycles. The Balaban J connectivity index is 1.55. The number of carbonyl (C=O) groups is 1. The Morgan fingerprint density at radius 1 is 1.30 bits per heavy atom. The molecule has 0 radical (unpaired) electrons. The number of hydrogen-bond acceptors (Lipinski definition) is 3. The summed E-state index contributed by atoms with van der Waals surface area (Å²) in [5.41, 5.74) is 1.40. The van der Waals surface area contributed by atoms with Gasteiger partial charge in [-0.1, -0.05) is 17.7 Å². The molecule has 118 valence electrons. The number of amides is 2. The molecule has 2 amide bonds. The van der Waals surface area contributed by atoms with E-state index in [1.54, 1.807) is 34.3 Å². The van der Waals surface area contributed by atoms with E-state index < -0.39 is 0 Å². The van der Waals surface area contributed by atoms with Crippen molar-refractivity contribution in [3.05, 3.63) is 64.1 Å². The second-order valence-corrected chi connectivity index (χ2v) is 6.27. The number of hydrogen-bond donors (Lipinski definition) is 2. The summed E-state index contributed by atoms with van der Waals surface area (Å²) >= 11 is 7.93. The average Bonchev–Trinajstić information content (AvgIpc) is 3.20. The number of nitrogens with one attached hydrogen (secondary N) is 2. The molecule has 0 saturated carbocycles. The third kappa shape index (κ3) is 4.12. The van der Waals surface area contributed by atoms with Crippen LogP contribution < -0.4 is 10.6 Å². The van der Waals surface area contributed by atoms with E-state index in [1.165, 1.54) is 4.88 Å². The Morgan fingerprint density at radius 2 is 2.22 bits per heavy atom. The average molecular weight is 347 g/mol. The van der Waals surface area contributed by atoms with Crippen LogP contribution in [0, 0.1) is 0 Å². The maximum absolute atomic E-state index is 11.9. The summed E-state index contributed by atoms with van der Waals surface area (Å²) < 4.78 is 1.67. The van der Waals surface area contributed by atoms with Crippen LogP contribution >= 0.6 is 22.9 Å². The van der Waals surface area contributed by atoms with Crippen molar-refractivity contribution in [3.63, 3.8) is 0 Å². The SMILES string of the molecule is O=C(NCCc1cccs1)Nc1ccc(-n2cccn2)c(Cl)c1. The van der Waals surface area contributed by atoms with Crippen LogP contribution in [-0.2, 0) is 6.42 Å². The number of halogens is 1. The van der Waals surface area contributed by atoms with Gasteiger partial charge in [-0.3, -0.25) is 0 Å². The lowest BCUT2D eigenvalue weighted by atomic mass is 10.3. The summed E-state index contributed by atoms with van der Waals surface area (Å²) in [6.07, 6.45) is 4.32. The first-order chi connectivity index (χ1) is 11.2. The summed E-state index contributed by atoms with van der Waals surface area (Å²) in [7, 11) is 0. The van der Waals surface area contributed by atoms with Gasteiger partial charge in [-0.05, 0) is 42.1 Å². The number of carbonyl (C=O) groups excluding carboxylic acids is 1. The molecule has 0 atom stereocenters. The number of thiophene rings is 1. The van der Waals surface area contributed by atoms with Crippen molar-refractivity contribution in [1.29, 1.82) is 0 Å². The van der Waals surface area contributed by atoms with Crippen molar-refractivity contribution in [2.24, 2.45) is 0 Å². The standard InChI is InChI=1S/C16H15ClN4OS/c17-14-11-12(4-5-15(14)21-9-2-7-19-21)20-16(22)18-8-6-13-3-1-10-23-13/h1-5,7,9-11H,6,8H2,(H2,18,20,22). The summed E-state index contributed by atoms with van der Waals surface area (Å²) in [5, 5.41) is 12.3. The second kappa shape index (κ2) is 7.30. The van der Waals surface area contributed by atoms with Gasteiger partial charge in [0.05, 0.1) is 10.7 Å². The van der Waals surface area contributed by atoms with E-state index in [0.29, 0.717) is 17.3 Å². The Morgan fingerprint density at radius 3 is 2.91 bits per heavy atom. The van der Waals surface area contributed by atoms with E-state index in [9.17, 15) is 4.79 Å². The minimum absolute atomic E-state index is 0.246. The highest BCUT2D eigenvalue weighted by Crippen LogP contribution is 2.23. The van der Waals surface area contributed by atoms with E-state index in [2.05, 4.69) is 21.8 Å². The highest BCUT2D eigenvalue weighted by atomic mass is 35.5. The van der Waals surface area contributed by atoms with Gasteiger partial charge in [0.15, 0.2) is 0 Å². The lowest BCUT2D eigenvalue weighted by Crippen LogP contribution is -2.30. The van der Waals surface area contributed by atoms with Crippen LogP contribution in [0.15, 0.2) is 54.2 Å². The normalized spacial score (nSPS) is 10.5. The molecule has 0 unspecified atom stereocenters. The van der Waals surface area contributed by atoms with Crippen LogP contribution in [0.4, 0.5) is 10.5 Å². The minimum Gasteiger partial charge on any atom is -0.338 e. The molecule has 0 aliphatic carbocycles. The van der Waals surface area contributed by atoms with E-state index in [-0.39, 0.29) is 6.03 Å². The molecule has 0 aliphatic rings. The zero-order valence-electron chi connectivity index (χ0n) is 12.2. The summed E-state index contributed by atoms with van der Waals surface area (Å²) in [4.78, 5) is 13.1. The molecular formula is C16H15ClN4OS. The first-order valence-electron chi connectivity index (χ1n) is 7.09. The van der Waals surface area contributed by atoms with Crippen molar-refractivity contribution in [2.45, 2.75) is 6.42 Å². The summed E-state index contributed by atoms with van der Waals surface area (Å²) in [6.45, 7) is 0.589. The molecule has 2 aromatic heterocycles. The van der Waals surface area contributed by atoms with Crippen molar-refractivity contribution < 1.29 is 4.79 Å². The van der Waals surface area contributed by atoms with Crippen molar-refractivity contribution in [1.82, 2.24) is 15.1 Å². The highest BCUT2D eigenvalue weighted by molar-refractivity contribution is 7.09. The van der Waals surface area contributed by atoms with Crippen LogP contribution in [0.5, 0.6) is 0 Å². The Labute approximate surface area is 142 Å². The first-order valence-corrected chi connectivity index (χ1v) is 8.35. The fraction of sp³-hybridized carbons (Fsp3) is 0.125. The Hall–Kier alpha value is -2.31. The monoisotopic (exact) mass is 346 g/mol. The van der Waals surface area contributed by atoms with Gasteiger partial charge < -0.3 is 10.6 Å². The third-order valence-electron chi connectivity index (χ3n) is 3.19. The minimum atomic E-state index is -0.246. The van der Waals surface area contributed by atoms with Gasteiger partial charge in [-0.15, -0.1) is 11.3 Å². The third-order valence-corrected chi connectivity index (χ3v) is 4.43.